The number of amides is 2. The van der Waals surface area contributed by atoms with Crippen molar-refractivity contribution in [1.29, 1.82) is 0 Å². The fourth-order valence-corrected chi connectivity index (χ4v) is 3.34. The Hall–Kier alpha value is -1.12. The summed E-state index contributed by atoms with van der Waals surface area (Å²) in [5, 5.41) is 2.79. The molecular formula is C13H16N2O3S3. The molecule has 1 aromatic rings. The van der Waals surface area contributed by atoms with E-state index in [1.807, 2.05) is 0 Å². The standard InChI is InChI=1S/C13H16N2O3S3/c16-9-10-1-3-11(4-2-10)13(18)14-6-8-21-20-7-5-12(17)15-19/h1-4,9,19H,5-8H2,(H,14,18)(H,15,17). The van der Waals surface area contributed by atoms with Gasteiger partial charge in [-0.25, -0.2) is 0 Å². The molecule has 0 spiro atoms. The first kappa shape index (κ1) is 17.9. The van der Waals surface area contributed by atoms with Crippen molar-refractivity contribution in [2.24, 2.45) is 0 Å². The van der Waals surface area contributed by atoms with Crippen LogP contribution in [0.3, 0.4) is 0 Å². The van der Waals surface area contributed by atoms with Crippen molar-refractivity contribution in [3.8, 4) is 0 Å². The molecule has 0 aliphatic rings. The molecule has 8 heteroatoms. The molecule has 0 aliphatic carbocycles. The van der Waals surface area contributed by atoms with Gasteiger partial charge in [-0.3, -0.25) is 14.4 Å². The smallest absolute Gasteiger partial charge is 0.251 e. The summed E-state index contributed by atoms with van der Waals surface area (Å²) in [6.45, 7) is 0.546. The van der Waals surface area contributed by atoms with Gasteiger partial charge in [-0.1, -0.05) is 46.5 Å². The average Bonchev–Trinajstić information content (AvgIpc) is 2.53. The fraction of sp³-hybridized carbons (Fsp3) is 0.308. The Morgan fingerprint density at radius 3 is 2.43 bits per heavy atom. The number of carbonyl (C=O) groups is 3. The van der Waals surface area contributed by atoms with E-state index in [0.717, 1.165) is 12.0 Å². The third-order valence-corrected chi connectivity index (χ3v) is 5.06. The van der Waals surface area contributed by atoms with Crippen molar-refractivity contribution in [3.63, 3.8) is 0 Å². The fourth-order valence-electron chi connectivity index (χ4n) is 1.33. The molecule has 1 rings (SSSR count). The first-order valence-corrected chi connectivity index (χ1v) is 9.11. The van der Waals surface area contributed by atoms with Gasteiger partial charge >= 0.3 is 0 Å². The maximum atomic E-state index is 11.8. The Morgan fingerprint density at radius 1 is 1.14 bits per heavy atom. The lowest BCUT2D eigenvalue weighted by atomic mass is 10.1. The van der Waals surface area contributed by atoms with E-state index in [1.165, 1.54) is 0 Å². The molecule has 0 aliphatic heterocycles. The minimum Gasteiger partial charge on any atom is -0.351 e. The zero-order valence-electron chi connectivity index (χ0n) is 11.2. The van der Waals surface area contributed by atoms with Gasteiger partial charge in [0.25, 0.3) is 5.91 Å². The molecule has 2 N–H and O–H groups in total. The third kappa shape index (κ3) is 7.45. The second kappa shape index (κ2) is 10.6. The van der Waals surface area contributed by atoms with Gasteiger partial charge in [0.2, 0.25) is 5.91 Å². The molecule has 0 atom stereocenters. The van der Waals surface area contributed by atoms with Gasteiger partial charge in [0.15, 0.2) is 0 Å². The molecule has 5 nitrogen and oxygen atoms in total. The SMILES string of the molecule is O=Cc1ccc(C(=O)NCCSSCCC(=O)NS)cc1. The molecule has 0 saturated heterocycles. The second-order valence-corrected chi connectivity index (χ2v) is 6.85. The quantitative estimate of drug-likeness (QED) is 0.276. The highest BCUT2D eigenvalue weighted by atomic mass is 33.1. The minimum atomic E-state index is -0.160. The topological polar surface area (TPSA) is 75.3 Å². The van der Waals surface area contributed by atoms with Gasteiger partial charge < -0.3 is 10.0 Å². The zero-order chi connectivity index (χ0) is 15.5. The van der Waals surface area contributed by atoms with Crippen molar-refractivity contribution in [3.05, 3.63) is 35.4 Å². The van der Waals surface area contributed by atoms with Gasteiger partial charge in [-0.15, -0.1) is 0 Å². The van der Waals surface area contributed by atoms with Crippen molar-refractivity contribution in [1.82, 2.24) is 10.0 Å². The first-order valence-electron chi connectivity index (χ1n) is 6.18. The Labute approximate surface area is 137 Å². The predicted octanol–water partition coefficient (Wildman–Crippen LogP) is 1.96. The zero-order valence-corrected chi connectivity index (χ0v) is 13.7. The van der Waals surface area contributed by atoms with Crippen LogP contribution in [0, 0.1) is 0 Å². The lowest BCUT2D eigenvalue weighted by Crippen LogP contribution is -2.25. The third-order valence-electron chi connectivity index (χ3n) is 2.40. The van der Waals surface area contributed by atoms with Crippen LogP contribution in [0.25, 0.3) is 0 Å². The van der Waals surface area contributed by atoms with Gasteiger partial charge in [0.05, 0.1) is 0 Å². The summed E-state index contributed by atoms with van der Waals surface area (Å²) in [5.74, 6) is 1.20. The van der Waals surface area contributed by atoms with Crippen LogP contribution in [0.2, 0.25) is 0 Å². The monoisotopic (exact) mass is 344 g/mol. The molecule has 21 heavy (non-hydrogen) atoms. The van der Waals surface area contributed by atoms with Crippen molar-refractivity contribution in [2.45, 2.75) is 6.42 Å². The van der Waals surface area contributed by atoms with E-state index in [-0.39, 0.29) is 11.8 Å². The highest BCUT2D eigenvalue weighted by Crippen LogP contribution is 2.21. The number of hydrogen-bond donors (Lipinski definition) is 3. The van der Waals surface area contributed by atoms with Crippen LogP contribution in [-0.2, 0) is 4.79 Å². The number of rotatable bonds is 9. The van der Waals surface area contributed by atoms with E-state index in [2.05, 4.69) is 22.9 Å². The van der Waals surface area contributed by atoms with Crippen molar-refractivity contribution < 1.29 is 14.4 Å². The van der Waals surface area contributed by atoms with E-state index in [9.17, 15) is 14.4 Å². The summed E-state index contributed by atoms with van der Waals surface area (Å²) in [7, 11) is 3.18. The number of aldehydes is 1. The molecule has 0 aromatic heterocycles. The Balaban J connectivity index is 2.13. The van der Waals surface area contributed by atoms with Crippen molar-refractivity contribution >= 4 is 52.5 Å². The number of hydrogen-bond acceptors (Lipinski definition) is 6. The normalized spacial score (nSPS) is 9.95. The molecule has 0 fully saturated rings. The van der Waals surface area contributed by atoms with Crippen molar-refractivity contribution in [2.75, 3.05) is 18.1 Å². The Morgan fingerprint density at radius 2 is 1.81 bits per heavy atom. The van der Waals surface area contributed by atoms with E-state index in [1.54, 1.807) is 45.9 Å². The molecular weight excluding hydrogens is 328 g/mol. The van der Waals surface area contributed by atoms with Crippen LogP contribution < -0.4 is 10.0 Å². The lowest BCUT2D eigenvalue weighted by Gasteiger charge is -2.05. The van der Waals surface area contributed by atoms with Gasteiger partial charge in [0.1, 0.15) is 6.29 Å². The number of nitrogens with one attached hydrogen (secondary N) is 2. The molecule has 2 amide bonds. The molecule has 0 bridgehead atoms. The molecule has 0 heterocycles. The maximum Gasteiger partial charge on any atom is 0.251 e. The number of carbonyl (C=O) groups excluding carboxylic acids is 3. The summed E-state index contributed by atoms with van der Waals surface area (Å²) in [4.78, 5) is 33.2. The summed E-state index contributed by atoms with van der Waals surface area (Å²) in [6.07, 6.45) is 1.17. The van der Waals surface area contributed by atoms with Gasteiger partial charge in [0, 0.05) is 35.6 Å². The minimum absolute atomic E-state index is 0.0986. The summed E-state index contributed by atoms with van der Waals surface area (Å²) in [6, 6.07) is 6.46. The molecule has 0 radical (unpaired) electrons. The summed E-state index contributed by atoms with van der Waals surface area (Å²) < 4.78 is 2.26. The van der Waals surface area contributed by atoms with Crippen LogP contribution in [0.15, 0.2) is 24.3 Å². The molecule has 0 unspecified atom stereocenters. The predicted molar refractivity (Wildman–Crippen MR) is 90.8 cm³/mol. The highest BCUT2D eigenvalue weighted by molar-refractivity contribution is 8.76. The second-order valence-electron chi connectivity index (χ2n) is 3.92. The van der Waals surface area contributed by atoms with Crippen LogP contribution in [0.1, 0.15) is 27.1 Å². The maximum absolute atomic E-state index is 11.8. The molecule has 1 aromatic carbocycles. The Kier molecular flexibility index (Phi) is 9.04. The van der Waals surface area contributed by atoms with Gasteiger partial charge in [-0.05, 0) is 12.1 Å². The Bertz CT molecular complexity index is 480. The van der Waals surface area contributed by atoms with Crippen LogP contribution in [0.5, 0.6) is 0 Å². The highest BCUT2D eigenvalue weighted by Gasteiger charge is 2.04. The largest absolute Gasteiger partial charge is 0.351 e. The molecule has 0 saturated carbocycles. The van der Waals surface area contributed by atoms with E-state index in [0.29, 0.717) is 29.8 Å². The van der Waals surface area contributed by atoms with Crippen LogP contribution in [-0.4, -0.2) is 36.2 Å². The molecule has 114 valence electrons. The van der Waals surface area contributed by atoms with Crippen LogP contribution >= 0.6 is 34.4 Å². The van der Waals surface area contributed by atoms with E-state index < -0.39 is 0 Å². The van der Waals surface area contributed by atoms with Gasteiger partial charge in [-0.2, -0.15) is 0 Å². The van der Waals surface area contributed by atoms with Crippen LogP contribution in [0.4, 0.5) is 0 Å². The number of benzene rings is 1. The average molecular weight is 344 g/mol. The van der Waals surface area contributed by atoms with E-state index in [4.69, 9.17) is 0 Å². The summed E-state index contributed by atoms with van der Waals surface area (Å²) >= 11 is 3.66. The first-order chi connectivity index (χ1) is 10.2. The lowest BCUT2D eigenvalue weighted by molar-refractivity contribution is -0.118. The summed E-state index contributed by atoms with van der Waals surface area (Å²) in [5.41, 5.74) is 1.08. The number of thiol groups is 1. The van der Waals surface area contributed by atoms with E-state index >= 15 is 0 Å².